The third-order valence-corrected chi connectivity index (χ3v) is 2.17. The van der Waals surface area contributed by atoms with Crippen LogP contribution < -0.4 is 5.32 Å². The SMILES string of the molecule is CN1C=NC2CC(=O)NC(=O)C21. The summed E-state index contributed by atoms with van der Waals surface area (Å²) in [6.45, 7) is 0. The predicted molar refractivity (Wildman–Crippen MR) is 41.6 cm³/mol. The summed E-state index contributed by atoms with van der Waals surface area (Å²) in [5, 5.41) is 2.28. The van der Waals surface area contributed by atoms with Gasteiger partial charge in [0.25, 0.3) is 5.91 Å². The topological polar surface area (TPSA) is 61.8 Å². The van der Waals surface area contributed by atoms with Crippen molar-refractivity contribution >= 4 is 18.2 Å². The molecule has 0 aromatic heterocycles. The average Bonchev–Trinajstić information content (AvgIpc) is 2.31. The second kappa shape index (κ2) is 2.30. The van der Waals surface area contributed by atoms with Crippen molar-refractivity contribution in [2.24, 2.45) is 4.99 Å². The van der Waals surface area contributed by atoms with Gasteiger partial charge in [-0.15, -0.1) is 0 Å². The smallest absolute Gasteiger partial charge is 0.251 e. The summed E-state index contributed by atoms with van der Waals surface area (Å²) in [6, 6.07) is -0.445. The van der Waals surface area contributed by atoms with Gasteiger partial charge in [-0.05, 0) is 0 Å². The Morgan fingerprint density at radius 3 is 3.17 bits per heavy atom. The number of carbonyl (C=O) groups is 2. The second-order valence-electron chi connectivity index (χ2n) is 3.06. The lowest BCUT2D eigenvalue weighted by Gasteiger charge is -2.26. The molecule has 2 rings (SSSR count). The van der Waals surface area contributed by atoms with Gasteiger partial charge in [-0.25, -0.2) is 0 Å². The molecule has 0 saturated carbocycles. The van der Waals surface area contributed by atoms with Crippen LogP contribution in [0.4, 0.5) is 0 Å². The Labute approximate surface area is 69.4 Å². The summed E-state index contributed by atoms with van der Waals surface area (Å²) in [7, 11) is 1.78. The molecule has 64 valence electrons. The van der Waals surface area contributed by atoms with Crippen LogP contribution in [-0.2, 0) is 9.59 Å². The van der Waals surface area contributed by atoms with Crippen LogP contribution in [0.2, 0.25) is 0 Å². The van der Waals surface area contributed by atoms with E-state index in [9.17, 15) is 9.59 Å². The van der Waals surface area contributed by atoms with E-state index in [0.717, 1.165) is 0 Å². The zero-order valence-corrected chi connectivity index (χ0v) is 6.65. The quantitative estimate of drug-likeness (QED) is 0.458. The van der Waals surface area contributed by atoms with Gasteiger partial charge in [0.15, 0.2) is 0 Å². The summed E-state index contributed by atoms with van der Waals surface area (Å²) in [5.41, 5.74) is 0. The summed E-state index contributed by atoms with van der Waals surface area (Å²) in [4.78, 5) is 27.9. The number of amides is 2. The minimum absolute atomic E-state index is 0.170. The minimum Gasteiger partial charge on any atom is -0.352 e. The molecule has 1 saturated heterocycles. The normalized spacial score (nSPS) is 33.6. The number of piperidine rings is 1. The Morgan fingerprint density at radius 2 is 2.42 bits per heavy atom. The monoisotopic (exact) mass is 167 g/mol. The highest BCUT2D eigenvalue weighted by atomic mass is 16.2. The third-order valence-electron chi connectivity index (χ3n) is 2.17. The first kappa shape index (κ1) is 7.27. The van der Waals surface area contributed by atoms with Crippen LogP contribution in [0.1, 0.15) is 6.42 Å². The van der Waals surface area contributed by atoms with E-state index >= 15 is 0 Å². The van der Waals surface area contributed by atoms with Crippen LogP contribution in [0, 0.1) is 0 Å². The van der Waals surface area contributed by atoms with E-state index in [1.54, 1.807) is 18.3 Å². The van der Waals surface area contributed by atoms with Crippen molar-refractivity contribution in [3.63, 3.8) is 0 Å². The zero-order valence-electron chi connectivity index (χ0n) is 6.65. The molecule has 5 nitrogen and oxygen atoms in total. The number of hydrogen-bond acceptors (Lipinski definition) is 4. The van der Waals surface area contributed by atoms with Gasteiger partial charge >= 0.3 is 0 Å². The van der Waals surface area contributed by atoms with Crippen molar-refractivity contribution in [1.29, 1.82) is 0 Å². The maximum atomic E-state index is 11.2. The maximum absolute atomic E-state index is 11.2. The van der Waals surface area contributed by atoms with Crippen LogP contribution in [0.15, 0.2) is 4.99 Å². The van der Waals surface area contributed by atoms with Crippen molar-refractivity contribution in [2.45, 2.75) is 18.5 Å². The van der Waals surface area contributed by atoms with Gasteiger partial charge in [0, 0.05) is 7.05 Å². The number of aliphatic imine (C=N–C) groups is 1. The number of likely N-dealkylation sites (N-methyl/N-ethyl adjacent to an activating group) is 1. The molecule has 0 aliphatic carbocycles. The number of nitrogens with one attached hydrogen (secondary N) is 1. The summed E-state index contributed by atoms with van der Waals surface area (Å²) in [5.74, 6) is -0.468. The molecule has 0 aromatic rings. The molecule has 2 amide bonds. The van der Waals surface area contributed by atoms with E-state index in [0.29, 0.717) is 6.42 Å². The van der Waals surface area contributed by atoms with Crippen LogP contribution in [0.25, 0.3) is 0 Å². The van der Waals surface area contributed by atoms with E-state index in [1.165, 1.54) is 0 Å². The Kier molecular flexibility index (Phi) is 1.39. The molecule has 1 fully saturated rings. The van der Waals surface area contributed by atoms with Gasteiger partial charge in [-0.3, -0.25) is 19.9 Å². The lowest BCUT2D eigenvalue weighted by Crippen LogP contribution is -2.54. The van der Waals surface area contributed by atoms with Crippen LogP contribution >= 0.6 is 0 Å². The molecule has 0 radical (unpaired) electrons. The number of rotatable bonds is 0. The van der Waals surface area contributed by atoms with Gasteiger partial charge < -0.3 is 4.90 Å². The summed E-state index contributed by atoms with van der Waals surface area (Å²) in [6.07, 6.45) is 1.92. The largest absolute Gasteiger partial charge is 0.352 e. The Hall–Kier alpha value is -1.39. The number of fused-ring (bicyclic) bond motifs is 1. The maximum Gasteiger partial charge on any atom is 0.251 e. The molecular formula is C7H9N3O2. The van der Waals surface area contributed by atoms with E-state index in [2.05, 4.69) is 10.3 Å². The highest BCUT2D eigenvalue weighted by Crippen LogP contribution is 2.18. The molecule has 2 atom stereocenters. The van der Waals surface area contributed by atoms with E-state index in [1.807, 2.05) is 0 Å². The van der Waals surface area contributed by atoms with Gasteiger partial charge in [0.2, 0.25) is 5.91 Å². The van der Waals surface area contributed by atoms with Gasteiger partial charge in [0.1, 0.15) is 6.04 Å². The van der Waals surface area contributed by atoms with Crippen molar-refractivity contribution in [3.8, 4) is 0 Å². The molecular weight excluding hydrogens is 158 g/mol. The fourth-order valence-corrected chi connectivity index (χ4v) is 1.59. The molecule has 2 heterocycles. The average molecular weight is 167 g/mol. The van der Waals surface area contributed by atoms with Crippen molar-refractivity contribution in [2.75, 3.05) is 7.05 Å². The Balaban J connectivity index is 2.24. The van der Waals surface area contributed by atoms with Crippen molar-refractivity contribution in [3.05, 3.63) is 0 Å². The van der Waals surface area contributed by atoms with Gasteiger partial charge in [-0.1, -0.05) is 0 Å². The van der Waals surface area contributed by atoms with Gasteiger partial charge in [0.05, 0.1) is 18.8 Å². The zero-order chi connectivity index (χ0) is 8.72. The third kappa shape index (κ3) is 0.895. The number of nitrogens with zero attached hydrogens (tertiary/aromatic N) is 2. The first-order valence-corrected chi connectivity index (χ1v) is 3.77. The number of imide groups is 1. The molecule has 12 heavy (non-hydrogen) atoms. The van der Waals surface area contributed by atoms with E-state index in [4.69, 9.17) is 0 Å². The molecule has 1 N–H and O–H groups in total. The minimum atomic E-state index is -0.275. The predicted octanol–water partition coefficient (Wildman–Crippen LogP) is -1.26. The molecule has 2 unspecified atom stereocenters. The standard InChI is InChI=1S/C7H9N3O2/c1-10-3-8-4-2-5(11)9-7(12)6(4)10/h3-4,6H,2H2,1H3,(H,9,11,12). The number of hydrogen-bond donors (Lipinski definition) is 1. The highest BCUT2D eigenvalue weighted by molar-refractivity contribution is 6.02. The van der Waals surface area contributed by atoms with E-state index < -0.39 is 0 Å². The van der Waals surface area contributed by atoms with Crippen LogP contribution in [-0.4, -0.2) is 42.2 Å². The Morgan fingerprint density at radius 1 is 1.67 bits per heavy atom. The molecule has 2 aliphatic heterocycles. The van der Waals surface area contributed by atoms with Crippen LogP contribution in [0.3, 0.4) is 0 Å². The lowest BCUT2D eigenvalue weighted by atomic mass is 10.0. The van der Waals surface area contributed by atoms with Crippen LogP contribution in [0.5, 0.6) is 0 Å². The Bertz CT molecular complexity index is 274. The molecule has 0 bridgehead atoms. The number of carbonyl (C=O) groups excluding carboxylic acids is 2. The highest BCUT2D eigenvalue weighted by Gasteiger charge is 2.40. The van der Waals surface area contributed by atoms with E-state index in [-0.39, 0.29) is 23.9 Å². The fourth-order valence-electron chi connectivity index (χ4n) is 1.59. The first-order valence-electron chi connectivity index (χ1n) is 3.77. The van der Waals surface area contributed by atoms with Crippen molar-refractivity contribution < 1.29 is 9.59 Å². The lowest BCUT2D eigenvalue weighted by molar-refractivity contribution is -0.136. The van der Waals surface area contributed by atoms with Gasteiger partial charge in [-0.2, -0.15) is 0 Å². The molecule has 0 aromatic carbocycles. The summed E-state index contributed by atoms with van der Waals surface area (Å²) >= 11 is 0. The fraction of sp³-hybridized carbons (Fsp3) is 0.571. The van der Waals surface area contributed by atoms with Crippen molar-refractivity contribution in [1.82, 2.24) is 10.2 Å². The second-order valence-corrected chi connectivity index (χ2v) is 3.06. The molecule has 5 heteroatoms. The molecule has 2 aliphatic rings. The first-order chi connectivity index (χ1) is 5.68. The molecule has 0 spiro atoms. The summed E-state index contributed by atoms with van der Waals surface area (Å²) < 4.78 is 0.